The van der Waals surface area contributed by atoms with Crippen LogP contribution < -0.4 is 9.47 Å². The second-order valence-electron chi connectivity index (χ2n) is 7.01. The normalized spacial score (nSPS) is 11.1. The van der Waals surface area contributed by atoms with Crippen molar-refractivity contribution in [3.05, 3.63) is 101 Å². The number of ether oxygens (including phenoxy) is 2. The molecule has 0 saturated carbocycles. The van der Waals surface area contributed by atoms with Gasteiger partial charge in [0.15, 0.2) is 17.3 Å². The maximum absolute atomic E-state index is 6.12. The summed E-state index contributed by atoms with van der Waals surface area (Å²) in [5, 5.41) is 13.9. The summed E-state index contributed by atoms with van der Waals surface area (Å²) in [4.78, 5) is 0. The van der Waals surface area contributed by atoms with Crippen LogP contribution in [0.1, 0.15) is 22.5 Å². The largest absolute Gasteiger partial charge is 0.493 e. The third kappa shape index (κ3) is 5.36. The van der Waals surface area contributed by atoms with Crippen molar-refractivity contribution in [2.45, 2.75) is 24.4 Å². The van der Waals surface area contributed by atoms with Crippen LogP contribution in [-0.2, 0) is 12.4 Å². The molecule has 0 atom stereocenters. The Balaban J connectivity index is 1.55. The van der Waals surface area contributed by atoms with Crippen molar-refractivity contribution in [2.75, 3.05) is 7.11 Å². The minimum absolute atomic E-state index is 0.436. The van der Waals surface area contributed by atoms with E-state index in [9.17, 15) is 0 Å². The zero-order valence-electron chi connectivity index (χ0n) is 18.0. The van der Waals surface area contributed by atoms with Gasteiger partial charge in [-0.2, -0.15) is 9.78 Å². The summed E-state index contributed by atoms with van der Waals surface area (Å²) in [6.45, 7) is 2.32. The van der Waals surface area contributed by atoms with Gasteiger partial charge in [-0.15, -0.1) is 10.2 Å². The maximum Gasteiger partial charge on any atom is 0.212 e. The fraction of sp³-hybridized carbons (Fsp3) is 0.160. The van der Waals surface area contributed by atoms with E-state index in [4.69, 9.17) is 9.47 Å². The molecule has 162 valence electrons. The Labute approximate surface area is 191 Å². The summed E-state index contributed by atoms with van der Waals surface area (Å²) in [6.07, 6.45) is 1.76. The quantitative estimate of drug-likeness (QED) is 0.257. The van der Waals surface area contributed by atoms with E-state index in [1.807, 2.05) is 73.7 Å². The van der Waals surface area contributed by atoms with Crippen molar-refractivity contribution >= 4 is 18.0 Å². The van der Waals surface area contributed by atoms with E-state index in [0.717, 1.165) is 22.0 Å². The van der Waals surface area contributed by atoms with Gasteiger partial charge in [0, 0.05) is 11.3 Å². The first kappa shape index (κ1) is 21.6. The Bertz CT molecular complexity index is 1180. The second-order valence-corrected chi connectivity index (χ2v) is 7.96. The maximum atomic E-state index is 6.12. The molecular weight excluding hydrogens is 420 g/mol. The first-order valence-electron chi connectivity index (χ1n) is 10.2. The third-order valence-corrected chi connectivity index (χ3v) is 5.74. The number of methoxy groups -OCH3 is 1. The molecule has 0 N–H and O–H groups in total. The summed E-state index contributed by atoms with van der Waals surface area (Å²) in [5.74, 6) is 2.81. The average molecular weight is 445 g/mol. The van der Waals surface area contributed by atoms with Crippen molar-refractivity contribution in [1.82, 2.24) is 14.9 Å². The highest BCUT2D eigenvalue weighted by atomic mass is 32.2. The minimum atomic E-state index is 0.436. The molecule has 0 unspecified atom stereocenters. The molecule has 32 heavy (non-hydrogen) atoms. The number of hydrogen-bond donors (Lipinski definition) is 0. The van der Waals surface area contributed by atoms with Crippen molar-refractivity contribution in [2.24, 2.45) is 5.10 Å². The zero-order valence-corrected chi connectivity index (χ0v) is 18.8. The summed E-state index contributed by atoms with van der Waals surface area (Å²) in [7, 11) is 1.63. The Morgan fingerprint density at radius 3 is 2.34 bits per heavy atom. The number of aromatic nitrogens is 3. The van der Waals surface area contributed by atoms with E-state index >= 15 is 0 Å². The minimum Gasteiger partial charge on any atom is -0.493 e. The first-order valence-corrected chi connectivity index (χ1v) is 11.2. The molecule has 0 spiro atoms. The van der Waals surface area contributed by atoms with Crippen LogP contribution in [0.25, 0.3) is 0 Å². The fourth-order valence-electron chi connectivity index (χ4n) is 3.08. The summed E-state index contributed by atoms with van der Waals surface area (Å²) >= 11 is 1.60. The van der Waals surface area contributed by atoms with Gasteiger partial charge in [-0.3, -0.25) is 0 Å². The molecule has 3 aromatic carbocycles. The highest BCUT2D eigenvalue weighted by Crippen LogP contribution is 2.31. The van der Waals surface area contributed by atoms with Crippen molar-refractivity contribution in [3.63, 3.8) is 0 Å². The lowest BCUT2D eigenvalue weighted by atomic mass is 10.2. The van der Waals surface area contributed by atoms with Gasteiger partial charge in [0.05, 0.1) is 13.3 Å². The van der Waals surface area contributed by atoms with Crippen LogP contribution in [0.5, 0.6) is 11.5 Å². The molecule has 1 aromatic heterocycles. The number of benzene rings is 3. The second kappa shape index (κ2) is 10.6. The molecule has 0 fully saturated rings. The van der Waals surface area contributed by atoms with E-state index < -0.39 is 0 Å². The molecular formula is C25H24N4O2S. The Morgan fingerprint density at radius 2 is 1.62 bits per heavy atom. The lowest BCUT2D eigenvalue weighted by Crippen LogP contribution is -2.02. The molecule has 6 nitrogen and oxygen atoms in total. The molecule has 0 bridgehead atoms. The third-order valence-electron chi connectivity index (χ3n) is 4.75. The summed E-state index contributed by atoms with van der Waals surface area (Å²) in [5.41, 5.74) is 3.11. The van der Waals surface area contributed by atoms with Crippen molar-refractivity contribution in [1.29, 1.82) is 0 Å². The van der Waals surface area contributed by atoms with Crippen LogP contribution >= 0.6 is 11.8 Å². The molecule has 0 aliphatic heterocycles. The van der Waals surface area contributed by atoms with Gasteiger partial charge in [-0.25, -0.2) is 0 Å². The molecule has 1 heterocycles. The molecule has 4 aromatic rings. The van der Waals surface area contributed by atoms with Gasteiger partial charge in [-0.05, 0) is 30.2 Å². The van der Waals surface area contributed by atoms with Crippen LogP contribution in [-0.4, -0.2) is 28.2 Å². The van der Waals surface area contributed by atoms with E-state index in [0.29, 0.717) is 23.9 Å². The molecule has 0 aliphatic rings. The number of rotatable bonds is 9. The van der Waals surface area contributed by atoms with E-state index in [2.05, 4.69) is 27.4 Å². The van der Waals surface area contributed by atoms with Crippen molar-refractivity contribution in [3.8, 4) is 11.5 Å². The van der Waals surface area contributed by atoms with Gasteiger partial charge < -0.3 is 9.47 Å². The van der Waals surface area contributed by atoms with Crippen LogP contribution in [0.15, 0.2) is 89.1 Å². The van der Waals surface area contributed by atoms with Crippen LogP contribution in [0.2, 0.25) is 0 Å². The average Bonchev–Trinajstić information content (AvgIpc) is 3.20. The Kier molecular flexibility index (Phi) is 7.19. The molecule has 0 saturated heterocycles. The van der Waals surface area contributed by atoms with Crippen LogP contribution in [0.3, 0.4) is 0 Å². The van der Waals surface area contributed by atoms with Crippen LogP contribution in [0, 0.1) is 6.92 Å². The predicted molar refractivity (Wildman–Crippen MR) is 128 cm³/mol. The lowest BCUT2D eigenvalue weighted by Gasteiger charge is -2.13. The smallest absolute Gasteiger partial charge is 0.212 e. The summed E-state index contributed by atoms with van der Waals surface area (Å²) < 4.78 is 13.4. The number of thioether (sulfide) groups is 1. The molecule has 4 rings (SSSR count). The predicted octanol–water partition coefficient (Wildman–Crippen LogP) is 5.35. The Hall–Kier alpha value is -3.58. The lowest BCUT2D eigenvalue weighted by molar-refractivity contribution is 0.284. The van der Waals surface area contributed by atoms with Gasteiger partial charge in [0.2, 0.25) is 5.16 Å². The van der Waals surface area contributed by atoms with Crippen LogP contribution in [0.4, 0.5) is 0 Å². The zero-order chi connectivity index (χ0) is 22.2. The highest BCUT2D eigenvalue weighted by Gasteiger charge is 2.12. The molecule has 0 amide bonds. The monoisotopic (exact) mass is 444 g/mol. The number of nitrogens with zero attached hydrogens (tertiary/aromatic N) is 4. The van der Waals surface area contributed by atoms with Gasteiger partial charge in [-0.1, -0.05) is 78.5 Å². The number of aryl methyl sites for hydroxylation is 1. The van der Waals surface area contributed by atoms with E-state index in [1.165, 1.54) is 5.56 Å². The number of para-hydroxylation sites is 1. The molecule has 0 aliphatic carbocycles. The fourth-order valence-corrected chi connectivity index (χ4v) is 3.97. The Morgan fingerprint density at radius 1 is 0.906 bits per heavy atom. The highest BCUT2D eigenvalue weighted by molar-refractivity contribution is 7.98. The standard InChI is InChI=1S/C25H24N4O2S/c1-19-27-28-25(32-18-21-12-7-4-8-13-21)29(19)26-16-22-14-9-15-23(30-2)24(22)31-17-20-10-5-3-6-11-20/h3-16H,17-18H2,1-2H3/b26-16+. The van der Waals surface area contributed by atoms with Gasteiger partial charge in [0.25, 0.3) is 0 Å². The van der Waals surface area contributed by atoms with Crippen molar-refractivity contribution < 1.29 is 9.47 Å². The van der Waals surface area contributed by atoms with E-state index in [-0.39, 0.29) is 0 Å². The SMILES string of the molecule is COc1cccc(/C=N/n2c(C)nnc2SCc2ccccc2)c1OCc1ccccc1. The van der Waals surface area contributed by atoms with E-state index in [1.54, 1.807) is 29.8 Å². The van der Waals surface area contributed by atoms with Gasteiger partial charge >= 0.3 is 0 Å². The molecule has 7 heteroatoms. The first-order chi connectivity index (χ1) is 15.7. The van der Waals surface area contributed by atoms with Gasteiger partial charge in [0.1, 0.15) is 6.61 Å². The summed E-state index contributed by atoms with van der Waals surface area (Å²) in [6, 6.07) is 26.0. The topological polar surface area (TPSA) is 61.5 Å². The number of hydrogen-bond acceptors (Lipinski definition) is 6. The molecule has 0 radical (unpaired) electrons.